The van der Waals surface area contributed by atoms with Crippen molar-refractivity contribution in [3.63, 3.8) is 0 Å². The van der Waals surface area contributed by atoms with E-state index in [0.717, 1.165) is 0 Å². The van der Waals surface area contributed by atoms with Gasteiger partial charge in [0.25, 0.3) is 0 Å². The van der Waals surface area contributed by atoms with Gasteiger partial charge in [0.05, 0.1) is 26.2 Å². The summed E-state index contributed by atoms with van der Waals surface area (Å²) in [6, 6.07) is -0.386. The van der Waals surface area contributed by atoms with Crippen LogP contribution in [0.5, 0.6) is 0 Å². The van der Waals surface area contributed by atoms with Gasteiger partial charge in [-0.25, -0.2) is 0 Å². The fourth-order valence-electron chi connectivity index (χ4n) is 4.55. The number of carboxylic acids is 4. The lowest BCUT2D eigenvalue weighted by Crippen LogP contribution is -2.53. The van der Waals surface area contributed by atoms with Crippen molar-refractivity contribution in [2.45, 2.75) is 45.1 Å². The summed E-state index contributed by atoms with van der Waals surface area (Å²) in [4.78, 5) is 75.7. The highest BCUT2D eigenvalue weighted by Crippen LogP contribution is 2.13. The molecule has 5 N–H and O–H groups in total. The third-order valence-corrected chi connectivity index (χ3v) is 6.56. The average molecular weight is 574 g/mol. The van der Waals surface area contributed by atoms with E-state index in [1.165, 1.54) is 6.92 Å². The molecule has 0 radical (unpaired) electrons. The highest BCUT2D eigenvalue weighted by atomic mass is 16.4. The molecule has 0 bridgehead atoms. The first-order chi connectivity index (χ1) is 18.8. The summed E-state index contributed by atoms with van der Waals surface area (Å²) in [5, 5.41) is 40.5. The van der Waals surface area contributed by atoms with E-state index in [9.17, 15) is 49.2 Å². The minimum Gasteiger partial charge on any atom is -0.480 e. The summed E-state index contributed by atoms with van der Waals surface area (Å²) in [6.45, 7) is 2.19. The van der Waals surface area contributed by atoms with E-state index in [2.05, 4.69) is 5.32 Å². The van der Waals surface area contributed by atoms with E-state index in [0.29, 0.717) is 25.8 Å². The molecule has 1 atom stereocenters. The molecular weight excluding hydrogens is 530 g/mol. The lowest BCUT2D eigenvalue weighted by atomic mass is 10.1. The zero-order chi connectivity index (χ0) is 30.1. The average Bonchev–Trinajstić information content (AvgIpc) is 2.83. The molecule has 15 nitrogen and oxygen atoms in total. The number of Topliss-reactive ketones (excluding diaryl/α,β-unsaturated/α-hetero) is 1. The lowest BCUT2D eigenvalue weighted by Gasteiger charge is -2.37. The molecule has 0 aliphatic carbocycles. The van der Waals surface area contributed by atoms with Gasteiger partial charge >= 0.3 is 23.9 Å². The summed E-state index contributed by atoms with van der Waals surface area (Å²) in [6.07, 6.45) is 1.95. The van der Waals surface area contributed by atoms with Gasteiger partial charge in [-0.3, -0.25) is 43.6 Å². The molecule has 0 aromatic carbocycles. The maximum absolute atomic E-state index is 11.9. The van der Waals surface area contributed by atoms with Crippen LogP contribution in [0.15, 0.2) is 0 Å². The third-order valence-electron chi connectivity index (χ3n) is 6.56. The summed E-state index contributed by atoms with van der Waals surface area (Å²) in [5.74, 6) is -4.56. The van der Waals surface area contributed by atoms with Crippen LogP contribution in [0.3, 0.4) is 0 Å². The molecule has 1 amide bonds. The van der Waals surface area contributed by atoms with Gasteiger partial charge in [0.2, 0.25) is 5.91 Å². The molecule has 1 unspecified atom stereocenters. The van der Waals surface area contributed by atoms with Crippen molar-refractivity contribution >= 4 is 35.6 Å². The summed E-state index contributed by atoms with van der Waals surface area (Å²) in [7, 11) is 0. The second-order valence-corrected chi connectivity index (χ2v) is 10.0. The Morgan fingerprint density at radius 1 is 0.650 bits per heavy atom. The Labute approximate surface area is 233 Å². The Bertz CT molecular complexity index is 871. The Balaban J connectivity index is 3.05. The minimum atomic E-state index is -1.07. The largest absolute Gasteiger partial charge is 0.480 e. The normalized spacial score (nSPS) is 18.8. The number of rotatable bonds is 16. The van der Waals surface area contributed by atoms with Gasteiger partial charge in [0.1, 0.15) is 5.78 Å². The van der Waals surface area contributed by atoms with Crippen LogP contribution in [0.25, 0.3) is 0 Å². The molecule has 40 heavy (non-hydrogen) atoms. The Morgan fingerprint density at radius 2 is 1.12 bits per heavy atom. The van der Waals surface area contributed by atoms with Crippen LogP contribution < -0.4 is 5.32 Å². The number of carboxylic acid groups (broad SMARTS) is 4. The Morgan fingerprint density at radius 3 is 1.62 bits per heavy atom. The Kier molecular flexibility index (Phi) is 16.6. The van der Waals surface area contributed by atoms with Crippen LogP contribution in [0, 0.1) is 0 Å². The quantitative estimate of drug-likeness (QED) is 0.134. The van der Waals surface area contributed by atoms with Crippen LogP contribution >= 0.6 is 0 Å². The second kappa shape index (κ2) is 19.0. The zero-order valence-corrected chi connectivity index (χ0v) is 23.1. The number of unbranched alkanes of at least 4 members (excludes halogenated alkanes) is 1. The van der Waals surface area contributed by atoms with Crippen molar-refractivity contribution in [2.75, 3.05) is 78.5 Å². The third kappa shape index (κ3) is 16.7. The van der Waals surface area contributed by atoms with E-state index in [4.69, 9.17) is 0 Å². The number of hydrogen-bond donors (Lipinski definition) is 5. The first kappa shape index (κ1) is 34.9. The van der Waals surface area contributed by atoms with Crippen molar-refractivity contribution in [3.8, 4) is 0 Å². The molecule has 1 aliphatic heterocycles. The molecular formula is C25H43N5O10. The smallest absolute Gasteiger partial charge is 0.317 e. The van der Waals surface area contributed by atoms with Crippen LogP contribution in [0.1, 0.15) is 39.0 Å². The van der Waals surface area contributed by atoms with E-state index < -0.39 is 23.9 Å². The fourth-order valence-corrected chi connectivity index (χ4v) is 4.55. The van der Waals surface area contributed by atoms with Gasteiger partial charge in [-0.2, -0.15) is 0 Å². The first-order valence-corrected chi connectivity index (χ1v) is 13.4. The summed E-state index contributed by atoms with van der Waals surface area (Å²) < 4.78 is 0. The maximum atomic E-state index is 11.9. The monoisotopic (exact) mass is 573 g/mol. The highest BCUT2D eigenvalue weighted by molar-refractivity contribution is 5.83. The number of amides is 1. The molecule has 228 valence electrons. The molecule has 1 heterocycles. The van der Waals surface area contributed by atoms with Crippen molar-refractivity contribution in [1.82, 2.24) is 24.9 Å². The topological polar surface area (TPSA) is 208 Å². The number of ketones is 1. The van der Waals surface area contributed by atoms with Gasteiger partial charge < -0.3 is 30.5 Å². The van der Waals surface area contributed by atoms with Crippen LogP contribution in [0.4, 0.5) is 0 Å². The molecule has 0 aromatic rings. The standard InChI is InChI=1S/C25H43N5O10/c1-19(31)5-6-21(32)26-7-3-2-4-20-14-29(17-24(37)38)11-10-27(15-22(33)34)8-9-28(16-23(35)36)12-13-30(20)18-25(39)40/h20H,2-18H2,1H3,(H,26,32)(H,33,34)(H,35,36)(H,37,38)(H,39,40). The molecule has 0 saturated carbocycles. The van der Waals surface area contributed by atoms with Gasteiger partial charge in [0, 0.05) is 71.2 Å². The molecule has 1 saturated heterocycles. The number of carbonyl (C=O) groups is 6. The summed E-state index contributed by atoms with van der Waals surface area (Å²) >= 11 is 0. The van der Waals surface area contributed by atoms with E-state index in [1.807, 2.05) is 0 Å². The van der Waals surface area contributed by atoms with E-state index in [1.54, 1.807) is 19.6 Å². The zero-order valence-electron chi connectivity index (χ0n) is 23.1. The fraction of sp³-hybridized carbons (Fsp3) is 0.760. The SMILES string of the molecule is CC(=O)CCC(=O)NCCCCC1CN(CC(=O)O)CCN(CC(=O)O)CCN(CC(=O)O)CCN1CC(=O)O. The predicted molar refractivity (Wildman–Crippen MR) is 142 cm³/mol. The van der Waals surface area contributed by atoms with Gasteiger partial charge in [-0.1, -0.05) is 6.42 Å². The number of aliphatic carboxylic acids is 4. The van der Waals surface area contributed by atoms with E-state index in [-0.39, 0.29) is 103 Å². The van der Waals surface area contributed by atoms with Crippen molar-refractivity contribution in [1.29, 1.82) is 0 Å². The predicted octanol–water partition coefficient (Wildman–Crippen LogP) is -1.43. The van der Waals surface area contributed by atoms with Gasteiger partial charge in [0.15, 0.2) is 0 Å². The molecule has 1 aliphatic rings. The van der Waals surface area contributed by atoms with Crippen molar-refractivity contribution in [3.05, 3.63) is 0 Å². The summed E-state index contributed by atoms with van der Waals surface area (Å²) in [5.41, 5.74) is 0. The number of nitrogens with zero attached hydrogens (tertiary/aromatic N) is 4. The Hall–Kier alpha value is -3.14. The minimum absolute atomic E-state index is 0.0740. The number of nitrogens with one attached hydrogen (secondary N) is 1. The number of hydrogen-bond acceptors (Lipinski definition) is 10. The highest BCUT2D eigenvalue weighted by Gasteiger charge is 2.27. The first-order valence-electron chi connectivity index (χ1n) is 13.4. The molecule has 15 heteroatoms. The van der Waals surface area contributed by atoms with Crippen LogP contribution in [-0.4, -0.2) is 160 Å². The van der Waals surface area contributed by atoms with Crippen molar-refractivity contribution < 1.29 is 49.2 Å². The molecule has 1 rings (SSSR count). The van der Waals surface area contributed by atoms with Gasteiger partial charge in [-0.05, 0) is 19.8 Å². The molecule has 0 aromatic heterocycles. The maximum Gasteiger partial charge on any atom is 0.317 e. The number of carbonyl (C=O) groups excluding carboxylic acids is 2. The van der Waals surface area contributed by atoms with Gasteiger partial charge in [-0.15, -0.1) is 0 Å². The van der Waals surface area contributed by atoms with Crippen LogP contribution in [-0.2, 0) is 28.8 Å². The molecule has 0 spiro atoms. The van der Waals surface area contributed by atoms with E-state index >= 15 is 0 Å². The van der Waals surface area contributed by atoms with Crippen LogP contribution in [0.2, 0.25) is 0 Å². The van der Waals surface area contributed by atoms with Crippen molar-refractivity contribution in [2.24, 2.45) is 0 Å². The molecule has 1 fully saturated rings. The second-order valence-electron chi connectivity index (χ2n) is 10.0. The lowest BCUT2D eigenvalue weighted by molar-refractivity contribution is -0.142.